The van der Waals surface area contributed by atoms with E-state index in [-0.39, 0.29) is 30.9 Å². The number of hydrogen-bond donors (Lipinski definition) is 0. The summed E-state index contributed by atoms with van der Waals surface area (Å²) in [7, 11) is 4.53. The molecule has 0 unspecified atom stereocenters. The molecule has 27 heavy (non-hydrogen) atoms. The molecular weight excluding hydrogens is 348 g/mol. The molecule has 0 N–H and O–H groups in total. The third-order valence-electron chi connectivity index (χ3n) is 5.51. The maximum absolute atomic E-state index is 13.1. The molecule has 1 aliphatic carbocycles. The molecule has 1 aromatic rings. The number of esters is 1. The SMILES string of the molecule is COCC(=O)N(CC(=O)c1c(C)c(C(=O)OC)n(C)c1C)C1CCCCC1. The van der Waals surface area contributed by atoms with Crippen LogP contribution < -0.4 is 0 Å². The van der Waals surface area contributed by atoms with E-state index in [1.807, 2.05) is 0 Å². The average molecular weight is 378 g/mol. The van der Waals surface area contributed by atoms with Gasteiger partial charge in [0.2, 0.25) is 5.91 Å². The van der Waals surface area contributed by atoms with Crippen molar-refractivity contribution in [1.29, 1.82) is 0 Å². The molecule has 2 rings (SSSR count). The zero-order valence-electron chi connectivity index (χ0n) is 17.0. The van der Waals surface area contributed by atoms with Gasteiger partial charge >= 0.3 is 5.97 Å². The number of amides is 1. The quantitative estimate of drug-likeness (QED) is 0.538. The number of aromatic nitrogens is 1. The van der Waals surface area contributed by atoms with Crippen LogP contribution in [0.15, 0.2) is 0 Å². The summed E-state index contributed by atoms with van der Waals surface area (Å²) in [5.41, 5.74) is 2.14. The van der Waals surface area contributed by atoms with Gasteiger partial charge in [0.1, 0.15) is 12.3 Å². The Bertz CT molecular complexity index is 716. The fourth-order valence-corrected chi connectivity index (χ4v) is 4.03. The summed E-state index contributed by atoms with van der Waals surface area (Å²) in [5.74, 6) is -0.806. The van der Waals surface area contributed by atoms with Crippen LogP contribution in [0.4, 0.5) is 0 Å². The van der Waals surface area contributed by atoms with Gasteiger partial charge in [0.15, 0.2) is 5.78 Å². The van der Waals surface area contributed by atoms with E-state index < -0.39 is 5.97 Å². The number of hydrogen-bond acceptors (Lipinski definition) is 5. The molecule has 1 amide bonds. The van der Waals surface area contributed by atoms with E-state index >= 15 is 0 Å². The zero-order chi connectivity index (χ0) is 20.1. The van der Waals surface area contributed by atoms with Crippen LogP contribution in [0.25, 0.3) is 0 Å². The van der Waals surface area contributed by atoms with Crippen molar-refractivity contribution in [1.82, 2.24) is 9.47 Å². The highest BCUT2D eigenvalue weighted by Crippen LogP contribution is 2.26. The predicted octanol–water partition coefficient (Wildman–Crippen LogP) is 2.42. The Hall–Kier alpha value is -2.15. The zero-order valence-corrected chi connectivity index (χ0v) is 17.0. The Morgan fingerprint density at radius 3 is 2.30 bits per heavy atom. The Kier molecular flexibility index (Phi) is 7.18. The van der Waals surface area contributed by atoms with Crippen molar-refractivity contribution < 1.29 is 23.9 Å². The van der Waals surface area contributed by atoms with Gasteiger partial charge in [0.05, 0.1) is 13.7 Å². The Balaban J connectivity index is 2.32. The van der Waals surface area contributed by atoms with Gasteiger partial charge in [0.25, 0.3) is 0 Å². The summed E-state index contributed by atoms with van der Waals surface area (Å²) in [6, 6.07) is 0.0646. The maximum atomic E-state index is 13.1. The van der Waals surface area contributed by atoms with Crippen LogP contribution in [0.2, 0.25) is 0 Å². The van der Waals surface area contributed by atoms with E-state index in [0.29, 0.717) is 22.5 Å². The van der Waals surface area contributed by atoms with Crippen molar-refractivity contribution in [2.75, 3.05) is 27.4 Å². The van der Waals surface area contributed by atoms with Crippen LogP contribution in [0, 0.1) is 13.8 Å². The number of rotatable bonds is 7. The second kappa shape index (κ2) is 9.17. The Morgan fingerprint density at radius 1 is 1.11 bits per heavy atom. The lowest BCUT2D eigenvalue weighted by molar-refractivity contribution is -0.137. The van der Waals surface area contributed by atoms with Crippen molar-refractivity contribution >= 4 is 17.7 Å². The smallest absolute Gasteiger partial charge is 0.354 e. The first-order valence-corrected chi connectivity index (χ1v) is 9.39. The minimum Gasteiger partial charge on any atom is -0.464 e. The van der Waals surface area contributed by atoms with Crippen molar-refractivity contribution in [2.45, 2.75) is 52.0 Å². The summed E-state index contributed by atoms with van der Waals surface area (Å²) in [6.45, 7) is 3.51. The van der Waals surface area contributed by atoms with Gasteiger partial charge in [-0.15, -0.1) is 0 Å². The van der Waals surface area contributed by atoms with E-state index in [4.69, 9.17) is 9.47 Å². The molecule has 7 nitrogen and oxygen atoms in total. The standard InChI is InChI=1S/C20H30N2O5/c1-13-18(14(2)21(3)19(13)20(25)27-5)16(23)11-22(17(24)12-26-4)15-9-7-6-8-10-15/h15H,6-12H2,1-5H3. The lowest BCUT2D eigenvalue weighted by atomic mass is 9.93. The molecule has 1 saturated carbocycles. The van der Waals surface area contributed by atoms with Crippen LogP contribution in [0.1, 0.15) is 64.2 Å². The molecule has 0 radical (unpaired) electrons. The van der Waals surface area contributed by atoms with Gasteiger partial charge in [-0.25, -0.2) is 4.79 Å². The first-order valence-electron chi connectivity index (χ1n) is 9.39. The van der Waals surface area contributed by atoms with Crippen molar-refractivity contribution in [3.63, 3.8) is 0 Å². The van der Waals surface area contributed by atoms with Crippen molar-refractivity contribution in [3.8, 4) is 0 Å². The fourth-order valence-electron chi connectivity index (χ4n) is 4.03. The summed E-state index contributed by atoms with van der Waals surface area (Å²) in [6.07, 6.45) is 5.10. The summed E-state index contributed by atoms with van der Waals surface area (Å²) in [5, 5.41) is 0. The Labute approximate surface area is 160 Å². The van der Waals surface area contributed by atoms with Gasteiger partial charge in [-0.05, 0) is 32.3 Å². The molecule has 1 aliphatic rings. The van der Waals surface area contributed by atoms with Crippen LogP contribution in [0.5, 0.6) is 0 Å². The third kappa shape index (κ3) is 4.40. The molecular formula is C20H30N2O5. The molecule has 1 heterocycles. The van der Waals surface area contributed by atoms with E-state index in [1.165, 1.54) is 14.2 Å². The second-order valence-corrected chi connectivity index (χ2v) is 7.15. The summed E-state index contributed by atoms with van der Waals surface area (Å²) >= 11 is 0. The molecule has 7 heteroatoms. The monoisotopic (exact) mass is 378 g/mol. The molecule has 0 spiro atoms. The molecule has 0 aliphatic heterocycles. The van der Waals surface area contributed by atoms with Crippen molar-refractivity contribution in [2.24, 2.45) is 7.05 Å². The van der Waals surface area contributed by atoms with Crippen LogP contribution in [-0.4, -0.2) is 60.5 Å². The van der Waals surface area contributed by atoms with E-state index in [9.17, 15) is 14.4 Å². The van der Waals surface area contributed by atoms with Gasteiger partial charge in [0, 0.05) is 31.5 Å². The van der Waals surface area contributed by atoms with Crippen LogP contribution in [-0.2, 0) is 21.3 Å². The largest absolute Gasteiger partial charge is 0.464 e. The molecule has 0 aromatic carbocycles. The number of nitrogens with zero attached hydrogens (tertiary/aromatic N) is 2. The molecule has 0 bridgehead atoms. The van der Waals surface area contributed by atoms with Crippen LogP contribution >= 0.6 is 0 Å². The van der Waals surface area contributed by atoms with Gasteiger partial charge in [-0.3, -0.25) is 9.59 Å². The number of ether oxygens (including phenoxy) is 2. The number of methoxy groups -OCH3 is 2. The summed E-state index contributed by atoms with van der Waals surface area (Å²) in [4.78, 5) is 39.4. The maximum Gasteiger partial charge on any atom is 0.354 e. The van der Waals surface area contributed by atoms with E-state index in [2.05, 4.69) is 0 Å². The summed E-state index contributed by atoms with van der Waals surface area (Å²) < 4.78 is 11.5. The molecule has 1 fully saturated rings. The highest BCUT2D eigenvalue weighted by molar-refractivity contribution is 6.04. The van der Waals surface area contributed by atoms with Gasteiger partial charge < -0.3 is 18.9 Å². The van der Waals surface area contributed by atoms with Gasteiger partial charge in [-0.1, -0.05) is 19.3 Å². The lowest BCUT2D eigenvalue weighted by Gasteiger charge is -2.34. The average Bonchev–Trinajstić information content (AvgIpc) is 2.88. The van der Waals surface area contributed by atoms with Crippen LogP contribution in [0.3, 0.4) is 0 Å². The minimum atomic E-state index is -0.475. The minimum absolute atomic E-state index is 0.000827. The first kappa shape index (κ1) is 21.2. The van der Waals surface area contributed by atoms with Gasteiger partial charge in [-0.2, -0.15) is 0 Å². The fraction of sp³-hybridized carbons (Fsp3) is 0.650. The Morgan fingerprint density at radius 2 is 1.74 bits per heavy atom. The molecule has 150 valence electrons. The molecule has 0 saturated heterocycles. The lowest BCUT2D eigenvalue weighted by Crippen LogP contribution is -2.46. The van der Waals surface area contributed by atoms with Crippen molar-refractivity contribution in [3.05, 3.63) is 22.5 Å². The highest BCUT2D eigenvalue weighted by atomic mass is 16.5. The number of carbonyl (C=O) groups excluding carboxylic acids is 3. The molecule has 1 aromatic heterocycles. The first-order chi connectivity index (χ1) is 12.8. The predicted molar refractivity (Wildman–Crippen MR) is 101 cm³/mol. The van der Waals surface area contributed by atoms with E-state index in [0.717, 1.165) is 32.1 Å². The van der Waals surface area contributed by atoms with E-state index in [1.54, 1.807) is 30.4 Å². The highest BCUT2D eigenvalue weighted by Gasteiger charge is 2.31. The third-order valence-corrected chi connectivity index (χ3v) is 5.51. The second-order valence-electron chi connectivity index (χ2n) is 7.15. The number of carbonyl (C=O) groups is 3. The normalized spacial score (nSPS) is 14.9. The topological polar surface area (TPSA) is 77.8 Å². The molecule has 0 atom stereocenters. The number of Topliss-reactive ketones (excluding diaryl/α,β-unsaturated/α-hetero) is 1. The number of ketones is 1.